The van der Waals surface area contributed by atoms with Gasteiger partial charge in [0.2, 0.25) is 5.28 Å². The molecule has 0 radical (unpaired) electrons. The number of nitrogens with one attached hydrogen (secondary N) is 1. The summed E-state index contributed by atoms with van der Waals surface area (Å²) in [6, 6.07) is 1.80. The number of aryl methyl sites for hydroxylation is 1. The second-order valence-corrected chi connectivity index (χ2v) is 5.01. The minimum absolute atomic E-state index is 0.192. The molecule has 0 bridgehead atoms. The van der Waals surface area contributed by atoms with E-state index < -0.39 is 0 Å². The molecule has 0 fully saturated rings. The SMILES string of the molecule is CCCn1c(Sc2cc(C)nc(Cl)n2)n[nH]c1=O. The normalized spacial score (nSPS) is 10.8. The summed E-state index contributed by atoms with van der Waals surface area (Å²) in [6.45, 7) is 4.45. The van der Waals surface area contributed by atoms with Crippen molar-refractivity contribution in [2.45, 2.75) is 37.0 Å². The average molecular weight is 286 g/mol. The largest absolute Gasteiger partial charge is 0.343 e. The number of nitrogens with zero attached hydrogens (tertiary/aromatic N) is 4. The lowest BCUT2D eigenvalue weighted by molar-refractivity contribution is 0.603. The van der Waals surface area contributed by atoms with Crippen LogP contribution in [0.3, 0.4) is 0 Å². The molecule has 0 unspecified atom stereocenters. The van der Waals surface area contributed by atoms with Gasteiger partial charge in [-0.1, -0.05) is 6.92 Å². The summed E-state index contributed by atoms with van der Waals surface area (Å²) in [4.78, 5) is 19.6. The third-order valence-electron chi connectivity index (χ3n) is 2.17. The van der Waals surface area contributed by atoms with Crippen LogP contribution in [0.15, 0.2) is 21.0 Å². The third kappa shape index (κ3) is 2.91. The van der Waals surface area contributed by atoms with Crippen molar-refractivity contribution in [2.24, 2.45) is 0 Å². The van der Waals surface area contributed by atoms with Crippen molar-refractivity contribution in [1.82, 2.24) is 24.7 Å². The van der Waals surface area contributed by atoms with Crippen LogP contribution in [0.2, 0.25) is 5.28 Å². The van der Waals surface area contributed by atoms with E-state index in [0.717, 1.165) is 12.1 Å². The summed E-state index contributed by atoms with van der Waals surface area (Å²) in [5.74, 6) is 0. The molecule has 0 aliphatic carbocycles. The van der Waals surface area contributed by atoms with Gasteiger partial charge in [-0.25, -0.2) is 19.9 Å². The van der Waals surface area contributed by atoms with Gasteiger partial charge in [0, 0.05) is 12.2 Å². The first-order chi connectivity index (χ1) is 8.60. The summed E-state index contributed by atoms with van der Waals surface area (Å²) >= 11 is 7.08. The highest BCUT2D eigenvalue weighted by molar-refractivity contribution is 7.99. The summed E-state index contributed by atoms with van der Waals surface area (Å²) in [5, 5.41) is 7.85. The van der Waals surface area contributed by atoms with Crippen LogP contribution in [0, 0.1) is 6.92 Å². The molecule has 2 aromatic rings. The molecular formula is C10H12ClN5OS. The van der Waals surface area contributed by atoms with Crippen LogP contribution in [-0.4, -0.2) is 24.7 Å². The van der Waals surface area contributed by atoms with E-state index in [-0.39, 0.29) is 11.0 Å². The smallest absolute Gasteiger partial charge is 0.270 e. The van der Waals surface area contributed by atoms with Gasteiger partial charge in [0.1, 0.15) is 5.03 Å². The van der Waals surface area contributed by atoms with Crippen LogP contribution in [-0.2, 0) is 6.54 Å². The van der Waals surface area contributed by atoms with E-state index in [9.17, 15) is 4.79 Å². The summed E-state index contributed by atoms with van der Waals surface area (Å²) in [5.41, 5.74) is 0.564. The maximum absolute atomic E-state index is 11.5. The van der Waals surface area contributed by atoms with Gasteiger partial charge in [-0.2, -0.15) is 0 Å². The predicted molar refractivity (Wildman–Crippen MR) is 69.0 cm³/mol. The van der Waals surface area contributed by atoms with E-state index in [1.54, 1.807) is 10.6 Å². The molecule has 2 aromatic heterocycles. The third-order valence-corrected chi connectivity index (χ3v) is 3.25. The van der Waals surface area contributed by atoms with Gasteiger partial charge in [-0.15, -0.1) is 5.10 Å². The number of aromatic nitrogens is 5. The van der Waals surface area contributed by atoms with E-state index in [0.29, 0.717) is 16.7 Å². The highest BCUT2D eigenvalue weighted by Crippen LogP contribution is 2.24. The Morgan fingerprint density at radius 1 is 1.50 bits per heavy atom. The Hall–Kier alpha value is -1.34. The quantitative estimate of drug-likeness (QED) is 0.686. The molecule has 6 nitrogen and oxygen atoms in total. The molecule has 0 saturated carbocycles. The second kappa shape index (κ2) is 5.53. The molecule has 8 heteroatoms. The molecule has 0 aliphatic rings. The van der Waals surface area contributed by atoms with Crippen LogP contribution in [0.25, 0.3) is 0 Å². The van der Waals surface area contributed by atoms with Crippen LogP contribution < -0.4 is 5.69 Å². The lowest BCUT2D eigenvalue weighted by Gasteiger charge is -2.03. The molecular weight excluding hydrogens is 274 g/mol. The summed E-state index contributed by atoms with van der Waals surface area (Å²) in [6.07, 6.45) is 0.858. The molecule has 18 heavy (non-hydrogen) atoms. The van der Waals surface area contributed by atoms with Gasteiger partial charge in [0.15, 0.2) is 5.16 Å². The Morgan fingerprint density at radius 2 is 2.28 bits per heavy atom. The Morgan fingerprint density at radius 3 is 2.94 bits per heavy atom. The van der Waals surface area contributed by atoms with Gasteiger partial charge in [-0.3, -0.25) is 4.57 Å². The molecule has 0 atom stereocenters. The fraction of sp³-hybridized carbons (Fsp3) is 0.400. The zero-order chi connectivity index (χ0) is 13.1. The Kier molecular flexibility index (Phi) is 4.03. The van der Waals surface area contributed by atoms with Crippen LogP contribution in [0.1, 0.15) is 19.0 Å². The van der Waals surface area contributed by atoms with Gasteiger partial charge in [0.25, 0.3) is 0 Å². The summed E-state index contributed by atoms with van der Waals surface area (Å²) in [7, 11) is 0. The van der Waals surface area contributed by atoms with Crippen molar-refractivity contribution in [3.8, 4) is 0 Å². The van der Waals surface area contributed by atoms with E-state index in [1.165, 1.54) is 11.8 Å². The number of aromatic amines is 1. The van der Waals surface area contributed by atoms with Crippen molar-refractivity contribution >= 4 is 23.4 Å². The molecule has 0 amide bonds. The fourth-order valence-electron chi connectivity index (χ4n) is 1.45. The lowest BCUT2D eigenvalue weighted by Crippen LogP contribution is -2.17. The maximum Gasteiger partial charge on any atom is 0.343 e. The predicted octanol–water partition coefficient (Wildman–Crippen LogP) is 1.88. The molecule has 0 aromatic carbocycles. The fourth-order valence-corrected chi connectivity index (χ4v) is 2.65. The molecule has 2 rings (SSSR count). The van der Waals surface area contributed by atoms with E-state index >= 15 is 0 Å². The van der Waals surface area contributed by atoms with Gasteiger partial charge in [-0.05, 0) is 42.8 Å². The minimum Gasteiger partial charge on any atom is -0.270 e. The van der Waals surface area contributed by atoms with Crippen molar-refractivity contribution in [1.29, 1.82) is 0 Å². The molecule has 0 spiro atoms. The van der Waals surface area contributed by atoms with Gasteiger partial charge >= 0.3 is 5.69 Å². The number of halogens is 1. The lowest BCUT2D eigenvalue weighted by atomic mass is 10.5. The van der Waals surface area contributed by atoms with Crippen molar-refractivity contribution < 1.29 is 0 Å². The standard InChI is InChI=1S/C10H12ClN5OS/c1-3-4-16-9(17)14-15-10(16)18-7-5-6(2)12-8(11)13-7/h5H,3-4H2,1-2H3,(H,14,17). The molecule has 96 valence electrons. The maximum atomic E-state index is 11.5. The number of hydrogen-bond donors (Lipinski definition) is 1. The van der Waals surface area contributed by atoms with E-state index in [2.05, 4.69) is 20.2 Å². The minimum atomic E-state index is -0.212. The zero-order valence-corrected chi connectivity index (χ0v) is 11.5. The molecule has 1 N–H and O–H groups in total. The first-order valence-electron chi connectivity index (χ1n) is 5.44. The average Bonchev–Trinajstić information content (AvgIpc) is 2.60. The van der Waals surface area contributed by atoms with Crippen molar-refractivity contribution in [2.75, 3.05) is 0 Å². The Balaban J connectivity index is 2.31. The monoisotopic (exact) mass is 285 g/mol. The summed E-state index contributed by atoms with van der Waals surface area (Å²) < 4.78 is 1.58. The number of H-pyrrole nitrogens is 1. The van der Waals surface area contributed by atoms with Crippen LogP contribution in [0.4, 0.5) is 0 Å². The molecule has 0 saturated heterocycles. The van der Waals surface area contributed by atoms with Crippen molar-refractivity contribution in [3.05, 3.63) is 27.5 Å². The molecule has 2 heterocycles. The molecule has 0 aliphatic heterocycles. The van der Waals surface area contributed by atoms with Gasteiger partial charge < -0.3 is 0 Å². The van der Waals surface area contributed by atoms with E-state index in [4.69, 9.17) is 11.6 Å². The second-order valence-electron chi connectivity index (χ2n) is 3.68. The van der Waals surface area contributed by atoms with Crippen LogP contribution >= 0.6 is 23.4 Å². The highest BCUT2D eigenvalue weighted by atomic mass is 35.5. The Labute approximate surface area is 113 Å². The Bertz CT molecular complexity index is 588. The first kappa shape index (κ1) is 13.1. The van der Waals surface area contributed by atoms with Crippen LogP contribution in [0.5, 0.6) is 0 Å². The van der Waals surface area contributed by atoms with E-state index in [1.807, 2.05) is 13.8 Å². The number of hydrogen-bond acceptors (Lipinski definition) is 5. The zero-order valence-electron chi connectivity index (χ0n) is 9.97. The van der Waals surface area contributed by atoms with Gasteiger partial charge in [0.05, 0.1) is 0 Å². The topological polar surface area (TPSA) is 76.5 Å². The number of rotatable bonds is 4. The highest BCUT2D eigenvalue weighted by Gasteiger charge is 2.11. The van der Waals surface area contributed by atoms with Crippen molar-refractivity contribution in [3.63, 3.8) is 0 Å². The first-order valence-corrected chi connectivity index (χ1v) is 6.64.